The van der Waals surface area contributed by atoms with E-state index in [1.807, 2.05) is 26.0 Å². The lowest BCUT2D eigenvalue weighted by Gasteiger charge is -2.04. The second-order valence-corrected chi connectivity index (χ2v) is 4.99. The Morgan fingerprint density at radius 3 is 2.63 bits per heavy atom. The summed E-state index contributed by atoms with van der Waals surface area (Å²) in [7, 11) is 0. The molecule has 0 radical (unpaired) electrons. The van der Waals surface area contributed by atoms with E-state index in [0.717, 1.165) is 23.1 Å². The maximum atomic E-state index is 9.75. The van der Waals surface area contributed by atoms with E-state index < -0.39 is 0 Å². The highest BCUT2D eigenvalue weighted by atomic mass is 16.5. The molecule has 1 aromatic heterocycles. The number of phenolic OH excluding ortho intramolecular Hbond substituents is 1. The van der Waals surface area contributed by atoms with Gasteiger partial charge in [0.05, 0.1) is 17.9 Å². The lowest BCUT2D eigenvalue weighted by molar-refractivity contribution is 0.378. The number of benzene rings is 1. The van der Waals surface area contributed by atoms with Crippen molar-refractivity contribution in [2.75, 3.05) is 0 Å². The number of aromatic nitrogens is 2. The minimum Gasteiger partial charge on any atom is -0.507 e. The highest BCUT2D eigenvalue weighted by molar-refractivity contribution is 5.60. The number of hydrogen-bond acceptors (Lipinski definition) is 5. The zero-order chi connectivity index (χ0) is 13.6. The van der Waals surface area contributed by atoms with Gasteiger partial charge in [-0.1, -0.05) is 5.16 Å². The van der Waals surface area contributed by atoms with Crippen LogP contribution >= 0.6 is 0 Å². The molecule has 1 heterocycles. The summed E-state index contributed by atoms with van der Waals surface area (Å²) in [5.41, 5.74) is 2.38. The summed E-state index contributed by atoms with van der Waals surface area (Å²) in [4.78, 5) is 4.34. The zero-order valence-electron chi connectivity index (χ0n) is 10.7. The molecule has 0 saturated heterocycles. The zero-order valence-corrected chi connectivity index (χ0v) is 10.7. The number of nitrogens with zero attached hydrogens (tertiary/aromatic N) is 3. The molecule has 0 amide bonds. The van der Waals surface area contributed by atoms with Crippen LogP contribution in [0.5, 0.6) is 5.75 Å². The second-order valence-electron chi connectivity index (χ2n) is 4.99. The van der Waals surface area contributed by atoms with Gasteiger partial charge in [-0.25, -0.2) is 0 Å². The van der Waals surface area contributed by atoms with Crippen LogP contribution in [0.4, 0.5) is 0 Å². The van der Waals surface area contributed by atoms with Crippen LogP contribution in [0.15, 0.2) is 16.7 Å². The van der Waals surface area contributed by atoms with Crippen LogP contribution in [-0.4, -0.2) is 15.2 Å². The highest BCUT2D eigenvalue weighted by Gasteiger charge is 2.43. The second kappa shape index (κ2) is 4.09. The summed E-state index contributed by atoms with van der Waals surface area (Å²) >= 11 is 0. The molecule has 0 spiro atoms. The minimum absolute atomic E-state index is 0.0107. The molecule has 5 heteroatoms. The van der Waals surface area contributed by atoms with Crippen LogP contribution in [0.25, 0.3) is 11.4 Å². The van der Waals surface area contributed by atoms with Gasteiger partial charge in [-0.05, 0) is 43.5 Å². The fourth-order valence-electron chi connectivity index (χ4n) is 2.20. The monoisotopic (exact) mass is 255 g/mol. The Morgan fingerprint density at radius 1 is 1.37 bits per heavy atom. The lowest BCUT2D eigenvalue weighted by Crippen LogP contribution is -1.87. The third kappa shape index (κ3) is 1.95. The first-order chi connectivity index (χ1) is 9.10. The minimum atomic E-state index is 0.0107. The molecular weight excluding hydrogens is 242 g/mol. The molecule has 96 valence electrons. The number of aromatic hydroxyl groups is 1. The molecule has 1 saturated carbocycles. The molecule has 2 aromatic rings. The van der Waals surface area contributed by atoms with E-state index in [9.17, 15) is 5.11 Å². The number of rotatable bonds is 2. The summed E-state index contributed by atoms with van der Waals surface area (Å²) in [5, 5.41) is 22.5. The Labute approximate surface area is 110 Å². The van der Waals surface area contributed by atoms with Crippen LogP contribution in [0, 0.1) is 31.1 Å². The molecule has 2 unspecified atom stereocenters. The Bertz CT molecular complexity index is 661. The molecule has 1 aromatic carbocycles. The summed E-state index contributed by atoms with van der Waals surface area (Å²) in [6.45, 7) is 3.67. The smallest absolute Gasteiger partial charge is 0.231 e. The maximum absolute atomic E-state index is 9.75. The van der Waals surface area contributed by atoms with Gasteiger partial charge in [0, 0.05) is 5.56 Å². The number of nitriles is 1. The molecular formula is C14H13N3O2. The first kappa shape index (κ1) is 11.7. The van der Waals surface area contributed by atoms with E-state index in [-0.39, 0.29) is 11.8 Å². The predicted octanol–water partition coefficient (Wildman–Crippen LogP) is 2.69. The maximum Gasteiger partial charge on any atom is 0.231 e. The summed E-state index contributed by atoms with van der Waals surface area (Å²) < 4.78 is 5.21. The fourth-order valence-corrected chi connectivity index (χ4v) is 2.20. The van der Waals surface area contributed by atoms with Crippen molar-refractivity contribution in [3.63, 3.8) is 0 Å². The van der Waals surface area contributed by atoms with E-state index in [1.54, 1.807) is 0 Å². The molecule has 3 rings (SSSR count). The van der Waals surface area contributed by atoms with Crippen molar-refractivity contribution in [3.05, 3.63) is 29.2 Å². The third-order valence-electron chi connectivity index (χ3n) is 3.46. The van der Waals surface area contributed by atoms with Crippen molar-refractivity contribution in [1.82, 2.24) is 10.1 Å². The molecule has 1 aliphatic carbocycles. The van der Waals surface area contributed by atoms with Gasteiger partial charge >= 0.3 is 0 Å². The topological polar surface area (TPSA) is 82.9 Å². The number of phenols is 1. The average molecular weight is 255 g/mol. The quantitative estimate of drug-likeness (QED) is 0.891. The first-order valence-corrected chi connectivity index (χ1v) is 6.14. The first-order valence-electron chi connectivity index (χ1n) is 6.14. The fraction of sp³-hybridized carbons (Fsp3) is 0.357. The van der Waals surface area contributed by atoms with Crippen molar-refractivity contribution in [1.29, 1.82) is 5.26 Å². The highest BCUT2D eigenvalue weighted by Crippen LogP contribution is 2.46. The van der Waals surface area contributed by atoms with Gasteiger partial charge in [0.15, 0.2) is 0 Å². The van der Waals surface area contributed by atoms with Crippen molar-refractivity contribution in [3.8, 4) is 23.2 Å². The Hall–Kier alpha value is -2.35. The van der Waals surface area contributed by atoms with Crippen LogP contribution < -0.4 is 0 Å². The van der Waals surface area contributed by atoms with E-state index in [4.69, 9.17) is 9.78 Å². The molecule has 0 aliphatic heterocycles. The van der Waals surface area contributed by atoms with E-state index in [1.165, 1.54) is 0 Å². The molecule has 19 heavy (non-hydrogen) atoms. The summed E-state index contributed by atoms with van der Waals surface area (Å²) in [6.07, 6.45) is 0.797. The molecule has 2 atom stereocenters. The standard InChI is InChI=1S/C14H13N3O2/c1-7-3-9(4-8(2)12(7)18)13-16-14(19-17-13)11-5-10(11)6-15/h3-4,10-11,18H,5H2,1-2H3. The largest absolute Gasteiger partial charge is 0.507 e. The molecule has 1 aliphatic rings. The van der Waals surface area contributed by atoms with Crippen molar-refractivity contribution >= 4 is 0 Å². The van der Waals surface area contributed by atoms with Gasteiger partial charge in [-0.15, -0.1) is 0 Å². The van der Waals surface area contributed by atoms with Crippen LogP contribution in [0.1, 0.15) is 29.4 Å². The van der Waals surface area contributed by atoms with E-state index >= 15 is 0 Å². The molecule has 5 nitrogen and oxygen atoms in total. The van der Waals surface area contributed by atoms with E-state index in [0.29, 0.717) is 17.5 Å². The van der Waals surface area contributed by atoms with Crippen LogP contribution in [0.2, 0.25) is 0 Å². The van der Waals surface area contributed by atoms with Gasteiger partial charge in [0.2, 0.25) is 11.7 Å². The van der Waals surface area contributed by atoms with E-state index in [2.05, 4.69) is 16.2 Å². The molecule has 1 fully saturated rings. The number of aryl methyl sites for hydroxylation is 2. The SMILES string of the molecule is Cc1cc(-c2noc(C3CC3C#N)n2)cc(C)c1O. The van der Waals surface area contributed by atoms with Crippen molar-refractivity contribution in [2.24, 2.45) is 5.92 Å². The lowest BCUT2D eigenvalue weighted by atomic mass is 10.1. The summed E-state index contributed by atoms with van der Waals surface area (Å²) in [5.74, 6) is 1.43. The van der Waals surface area contributed by atoms with Gasteiger partial charge in [-0.2, -0.15) is 10.2 Å². The van der Waals surface area contributed by atoms with Gasteiger partial charge < -0.3 is 9.63 Å². The van der Waals surface area contributed by atoms with Crippen LogP contribution in [-0.2, 0) is 0 Å². The van der Waals surface area contributed by atoms with Gasteiger partial charge in [-0.3, -0.25) is 0 Å². The predicted molar refractivity (Wildman–Crippen MR) is 67.3 cm³/mol. The molecule has 1 N–H and O–H groups in total. The summed E-state index contributed by atoms with van der Waals surface area (Å²) in [6, 6.07) is 5.85. The van der Waals surface area contributed by atoms with Gasteiger partial charge in [0.25, 0.3) is 0 Å². The number of hydrogen-bond donors (Lipinski definition) is 1. The van der Waals surface area contributed by atoms with Crippen molar-refractivity contribution in [2.45, 2.75) is 26.2 Å². The Kier molecular flexibility index (Phi) is 2.53. The third-order valence-corrected chi connectivity index (χ3v) is 3.46. The Balaban J connectivity index is 1.93. The Morgan fingerprint density at radius 2 is 2.05 bits per heavy atom. The van der Waals surface area contributed by atoms with Crippen LogP contribution in [0.3, 0.4) is 0 Å². The van der Waals surface area contributed by atoms with Gasteiger partial charge in [0.1, 0.15) is 5.75 Å². The normalized spacial score (nSPS) is 21.1. The molecule has 0 bridgehead atoms. The average Bonchev–Trinajstić information content (AvgIpc) is 3.03. The van der Waals surface area contributed by atoms with Crippen molar-refractivity contribution < 1.29 is 9.63 Å².